The lowest BCUT2D eigenvalue weighted by Gasteiger charge is -2.44. The molecule has 1 aromatic rings. The lowest BCUT2D eigenvalue weighted by Crippen LogP contribution is -2.62. The third kappa shape index (κ3) is 5.24. The zero-order chi connectivity index (χ0) is 23.1. The molecule has 0 saturated carbocycles. The number of hydrogen-bond donors (Lipinski definition) is 6. The predicted octanol–water partition coefficient (Wildman–Crippen LogP) is -1.01. The number of esters is 1. The molecule has 2 rings (SSSR count). The highest BCUT2D eigenvalue weighted by atomic mass is 16.6. The van der Waals surface area contributed by atoms with Crippen LogP contribution in [0.3, 0.4) is 0 Å². The van der Waals surface area contributed by atoms with Crippen molar-refractivity contribution in [2.24, 2.45) is 0 Å². The summed E-state index contributed by atoms with van der Waals surface area (Å²) in [5, 5.41) is 60.2. The van der Waals surface area contributed by atoms with Gasteiger partial charge in [0, 0.05) is 12.8 Å². The van der Waals surface area contributed by atoms with Gasteiger partial charge in [0.2, 0.25) is 17.1 Å². The maximum Gasteiger partial charge on any atom is 0.378 e. The smallest absolute Gasteiger partial charge is 0.378 e. The molecule has 0 fully saturated rings. The van der Waals surface area contributed by atoms with E-state index in [9.17, 15) is 35.4 Å². The van der Waals surface area contributed by atoms with Crippen molar-refractivity contribution in [3.05, 3.63) is 54.5 Å². The summed E-state index contributed by atoms with van der Waals surface area (Å²) in [6, 6.07) is 8.12. The third-order valence-electron chi connectivity index (χ3n) is 4.87. The first kappa shape index (κ1) is 24.8. The lowest BCUT2D eigenvalue weighted by atomic mass is 9.74. The van der Waals surface area contributed by atoms with E-state index in [1.165, 1.54) is 6.08 Å². The molecule has 1 heterocycles. The van der Waals surface area contributed by atoms with Gasteiger partial charge < -0.3 is 44.8 Å². The first-order chi connectivity index (χ1) is 14.8. The molecule has 0 spiro atoms. The van der Waals surface area contributed by atoms with Crippen LogP contribution in [0.15, 0.2) is 54.5 Å². The van der Waals surface area contributed by atoms with Gasteiger partial charge >= 0.3 is 5.97 Å². The zero-order valence-corrected chi connectivity index (χ0v) is 16.9. The number of benzene rings is 1. The van der Waals surface area contributed by atoms with Crippen LogP contribution in [-0.2, 0) is 14.3 Å². The van der Waals surface area contributed by atoms with Crippen LogP contribution in [0.4, 0.5) is 0 Å². The molecular weight excluding hydrogens is 412 g/mol. The molecule has 2 unspecified atom stereocenters. The van der Waals surface area contributed by atoms with Gasteiger partial charge in [-0.3, -0.25) is 0 Å². The minimum Gasteiger partial charge on any atom is -0.480 e. The van der Waals surface area contributed by atoms with Gasteiger partial charge in [-0.25, -0.2) is 4.79 Å². The molecule has 0 aromatic heterocycles. The number of aliphatic hydroxyl groups excluding tert-OH is 5. The molecule has 0 bridgehead atoms. The molecule has 6 N–H and O–H groups in total. The Labute approximate surface area is 179 Å². The maximum atomic E-state index is 12.7. The second kappa shape index (κ2) is 10.7. The number of carbonyl (C=O) groups is 1. The fraction of sp³-hybridized carbons (Fsp3) is 0.476. The van der Waals surface area contributed by atoms with Gasteiger partial charge in [0.05, 0.1) is 32.0 Å². The van der Waals surface area contributed by atoms with Gasteiger partial charge in [-0.2, -0.15) is 0 Å². The molecule has 1 aliphatic rings. The number of aliphatic hydroxyl groups is 6. The molecule has 172 valence electrons. The molecule has 0 saturated heterocycles. The van der Waals surface area contributed by atoms with Crippen molar-refractivity contribution in [2.45, 2.75) is 36.3 Å². The van der Waals surface area contributed by atoms with Gasteiger partial charge in [0.25, 0.3) is 0 Å². The number of rotatable bonds is 13. The molecule has 0 amide bonds. The minimum absolute atomic E-state index is 0.123. The topological polar surface area (TPSA) is 166 Å². The maximum absolute atomic E-state index is 12.7. The van der Waals surface area contributed by atoms with Gasteiger partial charge in [0.15, 0.2) is 0 Å². The Morgan fingerprint density at radius 2 is 1.77 bits per heavy atom. The van der Waals surface area contributed by atoms with Gasteiger partial charge in [-0.05, 0) is 12.1 Å². The van der Waals surface area contributed by atoms with Crippen LogP contribution >= 0.6 is 0 Å². The Balaban J connectivity index is 2.70. The summed E-state index contributed by atoms with van der Waals surface area (Å²) < 4.78 is 16.7. The zero-order valence-electron chi connectivity index (χ0n) is 16.9. The van der Waals surface area contributed by atoms with Crippen molar-refractivity contribution in [1.82, 2.24) is 0 Å². The van der Waals surface area contributed by atoms with Crippen molar-refractivity contribution < 1.29 is 49.6 Å². The third-order valence-corrected chi connectivity index (χ3v) is 4.87. The van der Waals surface area contributed by atoms with E-state index < -0.39 is 67.8 Å². The molecule has 31 heavy (non-hydrogen) atoms. The summed E-state index contributed by atoms with van der Waals surface area (Å²) in [4.78, 5) is 12.7. The van der Waals surface area contributed by atoms with Crippen LogP contribution in [0.1, 0.15) is 12.8 Å². The highest BCUT2D eigenvalue weighted by molar-refractivity contribution is 5.91. The van der Waals surface area contributed by atoms with Gasteiger partial charge in [0.1, 0.15) is 18.0 Å². The predicted molar refractivity (Wildman–Crippen MR) is 107 cm³/mol. The van der Waals surface area contributed by atoms with Crippen molar-refractivity contribution >= 4 is 5.97 Å². The van der Waals surface area contributed by atoms with E-state index in [0.29, 0.717) is 0 Å². The van der Waals surface area contributed by atoms with Crippen LogP contribution in [0.2, 0.25) is 0 Å². The quantitative estimate of drug-likeness (QED) is 0.165. The molecule has 10 nitrogen and oxygen atoms in total. The van der Waals surface area contributed by atoms with Crippen LogP contribution in [-0.4, -0.2) is 86.4 Å². The highest BCUT2D eigenvalue weighted by Crippen LogP contribution is 2.47. The van der Waals surface area contributed by atoms with E-state index in [-0.39, 0.29) is 18.1 Å². The average Bonchev–Trinajstić information content (AvgIpc) is 3.03. The fourth-order valence-corrected chi connectivity index (χ4v) is 3.37. The van der Waals surface area contributed by atoms with Crippen molar-refractivity contribution in [1.29, 1.82) is 0 Å². The Kier molecular flexibility index (Phi) is 8.57. The molecule has 1 aliphatic heterocycles. The minimum atomic E-state index is -2.43. The first-order valence-corrected chi connectivity index (χ1v) is 9.62. The monoisotopic (exact) mass is 440 g/mol. The van der Waals surface area contributed by atoms with E-state index >= 15 is 0 Å². The molecule has 1 aromatic carbocycles. The van der Waals surface area contributed by atoms with Crippen LogP contribution in [0.5, 0.6) is 5.75 Å². The Hall–Kier alpha value is -2.47. The number of cyclic esters (lactones) is 1. The summed E-state index contributed by atoms with van der Waals surface area (Å²) in [6.45, 7) is 0.816. The normalized spacial score (nSPS) is 22.5. The number of ether oxygens (including phenoxy) is 3. The molecule has 0 radical (unpaired) electrons. The summed E-state index contributed by atoms with van der Waals surface area (Å²) in [5.41, 5.74) is -4.69. The van der Waals surface area contributed by atoms with Gasteiger partial charge in [-0.1, -0.05) is 30.9 Å². The molecule has 0 aliphatic carbocycles. The molecule has 10 heteroatoms. The fourth-order valence-electron chi connectivity index (χ4n) is 3.37. The van der Waals surface area contributed by atoms with Crippen molar-refractivity contribution in [3.8, 4) is 5.75 Å². The SMILES string of the molecule is C=CCOC1=C(Oc2ccccc2)[C@@](CC(O)CO)([C@@](O)(CO)CC(O)CO)OC1=O. The van der Waals surface area contributed by atoms with Crippen LogP contribution in [0.25, 0.3) is 0 Å². The summed E-state index contributed by atoms with van der Waals surface area (Å²) >= 11 is 0. The van der Waals surface area contributed by atoms with E-state index in [4.69, 9.17) is 14.2 Å². The Morgan fingerprint density at radius 1 is 1.13 bits per heavy atom. The summed E-state index contributed by atoms with van der Waals surface area (Å²) in [5.74, 6) is -1.62. The lowest BCUT2D eigenvalue weighted by molar-refractivity contribution is -0.208. The Morgan fingerprint density at radius 3 is 2.32 bits per heavy atom. The van der Waals surface area contributed by atoms with E-state index in [1.54, 1.807) is 30.3 Å². The number of carbonyl (C=O) groups excluding carboxylic acids is 1. The van der Waals surface area contributed by atoms with Crippen molar-refractivity contribution in [3.63, 3.8) is 0 Å². The van der Waals surface area contributed by atoms with Crippen LogP contribution in [0, 0.1) is 0 Å². The number of para-hydroxylation sites is 1. The summed E-state index contributed by atoms with van der Waals surface area (Å²) in [6.07, 6.45) is -2.91. The Bertz CT molecular complexity index is 780. The van der Waals surface area contributed by atoms with E-state index in [0.717, 1.165) is 0 Å². The van der Waals surface area contributed by atoms with Crippen LogP contribution < -0.4 is 4.74 Å². The second-order valence-corrected chi connectivity index (χ2v) is 7.16. The van der Waals surface area contributed by atoms with Crippen molar-refractivity contribution in [2.75, 3.05) is 26.4 Å². The van der Waals surface area contributed by atoms with E-state index in [1.807, 2.05) is 0 Å². The second-order valence-electron chi connectivity index (χ2n) is 7.16. The van der Waals surface area contributed by atoms with Gasteiger partial charge in [-0.15, -0.1) is 0 Å². The largest absolute Gasteiger partial charge is 0.480 e. The first-order valence-electron chi connectivity index (χ1n) is 9.62. The standard InChI is InChI=1S/C21H28O10/c1-2-8-29-17-18(30-16-6-4-3-5-7-16)21(31-19(17)27,10-15(26)12-23)20(28,13-24)9-14(25)11-22/h2-7,14-15,22-26,28H,1,8-13H2/t14?,15?,20-,21-/m0/s1. The highest BCUT2D eigenvalue weighted by Gasteiger charge is 2.64. The average molecular weight is 440 g/mol. The number of hydrogen-bond acceptors (Lipinski definition) is 10. The van der Waals surface area contributed by atoms with E-state index in [2.05, 4.69) is 6.58 Å². The molecule has 4 atom stereocenters. The molecular formula is C21H28O10. The summed E-state index contributed by atoms with van der Waals surface area (Å²) in [7, 11) is 0.